The first kappa shape index (κ1) is 12.5. The van der Waals surface area contributed by atoms with Gasteiger partial charge < -0.3 is 15.2 Å². The molecule has 2 rings (SSSR count). The lowest BCUT2D eigenvalue weighted by molar-refractivity contribution is 0.122. The number of rotatable bonds is 4. The van der Waals surface area contributed by atoms with Crippen LogP contribution in [0.4, 0.5) is 4.39 Å². The number of benzene rings is 1. The van der Waals surface area contributed by atoms with Gasteiger partial charge >= 0.3 is 0 Å². The Kier molecular flexibility index (Phi) is 4.10. The Morgan fingerprint density at radius 3 is 2.94 bits per heavy atom. The van der Waals surface area contributed by atoms with Crippen LogP contribution >= 0.6 is 0 Å². The van der Waals surface area contributed by atoms with Crippen molar-refractivity contribution in [1.29, 1.82) is 0 Å². The van der Waals surface area contributed by atoms with Crippen molar-refractivity contribution in [3.05, 3.63) is 35.1 Å². The van der Waals surface area contributed by atoms with Crippen LogP contribution in [0.3, 0.4) is 0 Å². The fourth-order valence-electron chi connectivity index (χ4n) is 2.07. The van der Waals surface area contributed by atoms with E-state index in [4.69, 9.17) is 4.74 Å². The molecule has 94 valence electrons. The number of hydrogen-bond acceptors (Lipinski definition) is 3. The van der Waals surface area contributed by atoms with Gasteiger partial charge in [0.1, 0.15) is 5.82 Å². The van der Waals surface area contributed by atoms with Crippen molar-refractivity contribution in [3.63, 3.8) is 0 Å². The highest BCUT2D eigenvalue weighted by molar-refractivity contribution is 5.26. The molecule has 0 bridgehead atoms. The van der Waals surface area contributed by atoms with E-state index in [-0.39, 0.29) is 11.9 Å². The lowest BCUT2D eigenvalue weighted by Gasteiger charge is -2.14. The SMILES string of the molecule is Cc1cc(F)ccc1CCNC1COCC1O. The molecule has 1 saturated heterocycles. The quantitative estimate of drug-likeness (QED) is 0.824. The maximum Gasteiger partial charge on any atom is 0.123 e. The highest BCUT2D eigenvalue weighted by atomic mass is 19.1. The second-order valence-electron chi connectivity index (χ2n) is 4.49. The Labute approximate surface area is 101 Å². The number of hydrogen-bond donors (Lipinski definition) is 2. The van der Waals surface area contributed by atoms with Crippen LogP contribution in [0, 0.1) is 12.7 Å². The number of aliphatic hydroxyl groups excluding tert-OH is 1. The molecule has 1 aliphatic heterocycles. The van der Waals surface area contributed by atoms with Gasteiger partial charge in [0.15, 0.2) is 0 Å². The Hall–Kier alpha value is -0.970. The van der Waals surface area contributed by atoms with E-state index in [1.807, 2.05) is 13.0 Å². The molecule has 2 atom stereocenters. The minimum atomic E-state index is -0.413. The van der Waals surface area contributed by atoms with Crippen LogP contribution < -0.4 is 5.32 Å². The van der Waals surface area contributed by atoms with Crippen LogP contribution in [0.2, 0.25) is 0 Å². The van der Waals surface area contributed by atoms with Gasteiger partial charge in [-0.1, -0.05) is 6.07 Å². The fourth-order valence-corrected chi connectivity index (χ4v) is 2.07. The normalized spacial score (nSPS) is 24.2. The lowest BCUT2D eigenvalue weighted by Crippen LogP contribution is -2.39. The molecule has 0 spiro atoms. The average Bonchev–Trinajstić information content (AvgIpc) is 2.68. The van der Waals surface area contributed by atoms with Gasteiger partial charge in [-0.2, -0.15) is 0 Å². The highest BCUT2D eigenvalue weighted by Crippen LogP contribution is 2.11. The summed E-state index contributed by atoms with van der Waals surface area (Å²) in [6.07, 6.45) is 0.416. The topological polar surface area (TPSA) is 41.5 Å². The summed E-state index contributed by atoms with van der Waals surface area (Å²) in [7, 11) is 0. The zero-order valence-corrected chi connectivity index (χ0v) is 9.95. The molecule has 0 aliphatic carbocycles. The smallest absolute Gasteiger partial charge is 0.123 e. The van der Waals surface area contributed by atoms with Gasteiger partial charge in [-0.15, -0.1) is 0 Å². The van der Waals surface area contributed by atoms with E-state index >= 15 is 0 Å². The predicted molar refractivity (Wildman–Crippen MR) is 63.5 cm³/mol. The third kappa shape index (κ3) is 3.25. The Bertz CT molecular complexity index is 384. The van der Waals surface area contributed by atoms with E-state index in [0.29, 0.717) is 13.2 Å². The first-order valence-electron chi connectivity index (χ1n) is 5.91. The van der Waals surface area contributed by atoms with Crippen LogP contribution in [0.25, 0.3) is 0 Å². The minimum absolute atomic E-state index is 0.0238. The summed E-state index contributed by atoms with van der Waals surface area (Å²) in [5.41, 5.74) is 2.10. The number of ether oxygens (including phenoxy) is 1. The molecule has 3 nitrogen and oxygen atoms in total. The van der Waals surface area contributed by atoms with Crippen LogP contribution in [-0.2, 0) is 11.2 Å². The largest absolute Gasteiger partial charge is 0.389 e. The molecule has 0 amide bonds. The van der Waals surface area contributed by atoms with E-state index in [0.717, 1.165) is 24.1 Å². The molecular weight excluding hydrogens is 221 g/mol. The molecule has 1 aromatic carbocycles. The maximum atomic E-state index is 12.9. The van der Waals surface area contributed by atoms with Gasteiger partial charge in [0.25, 0.3) is 0 Å². The van der Waals surface area contributed by atoms with Crippen LogP contribution in [0.15, 0.2) is 18.2 Å². The van der Waals surface area contributed by atoms with Crippen molar-refractivity contribution < 1.29 is 14.2 Å². The third-order valence-corrected chi connectivity index (χ3v) is 3.16. The number of aliphatic hydroxyl groups is 1. The fraction of sp³-hybridized carbons (Fsp3) is 0.538. The highest BCUT2D eigenvalue weighted by Gasteiger charge is 2.25. The van der Waals surface area contributed by atoms with Crippen molar-refractivity contribution in [2.24, 2.45) is 0 Å². The maximum absolute atomic E-state index is 12.9. The van der Waals surface area contributed by atoms with E-state index in [1.54, 1.807) is 6.07 Å². The summed E-state index contributed by atoms with van der Waals surface area (Å²) < 4.78 is 18.1. The molecule has 0 saturated carbocycles. The molecule has 2 unspecified atom stereocenters. The molecule has 1 aliphatic rings. The summed E-state index contributed by atoms with van der Waals surface area (Å²) in [6.45, 7) is 3.64. The van der Waals surface area contributed by atoms with Gasteiger partial charge in [0.2, 0.25) is 0 Å². The number of aryl methyl sites for hydroxylation is 1. The van der Waals surface area contributed by atoms with Crippen LogP contribution in [0.5, 0.6) is 0 Å². The molecular formula is C13H18FNO2. The van der Waals surface area contributed by atoms with Crippen molar-refractivity contribution in [2.45, 2.75) is 25.5 Å². The summed E-state index contributed by atoms with van der Waals surface area (Å²) in [4.78, 5) is 0. The molecule has 1 aromatic rings. The van der Waals surface area contributed by atoms with Gasteiger partial charge in [0.05, 0.1) is 25.4 Å². The molecule has 2 N–H and O–H groups in total. The van der Waals surface area contributed by atoms with E-state index in [2.05, 4.69) is 5.32 Å². The Balaban J connectivity index is 1.81. The molecule has 0 aromatic heterocycles. The van der Waals surface area contributed by atoms with Crippen molar-refractivity contribution >= 4 is 0 Å². The van der Waals surface area contributed by atoms with Crippen molar-refractivity contribution in [3.8, 4) is 0 Å². The van der Waals surface area contributed by atoms with Crippen molar-refractivity contribution in [2.75, 3.05) is 19.8 Å². The van der Waals surface area contributed by atoms with E-state index in [1.165, 1.54) is 6.07 Å². The standard InChI is InChI=1S/C13H18FNO2/c1-9-6-11(14)3-2-10(9)4-5-15-12-7-17-8-13(12)16/h2-3,6,12-13,15-16H,4-5,7-8H2,1H3. The van der Waals surface area contributed by atoms with Gasteiger partial charge in [-0.25, -0.2) is 4.39 Å². The van der Waals surface area contributed by atoms with Gasteiger partial charge in [-0.05, 0) is 43.1 Å². The second kappa shape index (κ2) is 5.58. The average molecular weight is 239 g/mol. The summed E-state index contributed by atoms with van der Waals surface area (Å²) in [5, 5.41) is 12.8. The lowest BCUT2D eigenvalue weighted by atomic mass is 10.1. The van der Waals surface area contributed by atoms with Gasteiger partial charge in [-0.3, -0.25) is 0 Å². The van der Waals surface area contributed by atoms with Crippen LogP contribution in [0.1, 0.15) is 11.1 Å². The molecule has 4 heteroatoms. The van der Waals surface area contributed by atoms with Crippen molar-refractivity contribution in [1.82, 2.24) is 5.32 Å². The third-order valence-electron chi connectivity index (χ3n) is 3.16. The second-order valence-corrected chi connectivity index (χ2v) is 4.49. The molecule has 1 heterocycles. The number of halogens is 1. The first-order chi connectivity index (χ1) is 8.16. The minimum Gasteiger partial charge on any atom is -0.389 e. The molecule has 1 fully saturated rings. The summed E-state index contributed by atoms with van der Waals surface area (Å²) in [5.74, 6) is -0.196. The zero-order chi connectivity index (χ0) is 12.3. The molecule has 0 radical (unpaired) electrons. The predicted octanol–water partition coefficient (Wildman–Crippen LogP) is 1.03. The zero-order valence-electron chi connectivity index (χ0n) is 9.95. The summed E-state index contributed by atoms with van der Waals surface area (Å²) in [6, 6.07) is 4.86. The van der Waals surface area contributed by atoms with Gasteiger partial charge in [0, 0.05) is 0 Å². The summed E-state index contributed by atoms with van der Waals surface area (Å²) >= 11 is 0. The van der Waals surface area contributed by atoms with Crippen LogP contribution in [-0.4, -0.2) is 37.0 Å². The molecule has 17 heavy (non-hydrogen) atoms. The first-order valence-corrected chi connectivity index (χ1v) is 5.91. The van der Waals surface area contributed by atoms with E-state index < -0.39 is 6.10 Å². The Morgan fingerprint density at radius 2 is 2.29 bits per heavy atom. The van der Waals surface area contributed by atoms with E-state index in [9.17, 15) is 9.50 Å². The number of nitrogens with one attached hydrogen (secondary N) is 1. The Morgan fingerprint density at radius 1 is 1.47 bits per heavy atom. The monoisotopic (exact) mass is 239 g/mol.